The number of hydrogen-bond donors (Lipinski definition) is 1. The highest BCUT2D eigenvalue weighted by molar-refractivity contribution is 6.20. The summed E-state index contributed by atoms with van der Waals surface area (Å²) < 4.78 is 4.94. The van der Waals surface area contributed by atoms with Crippen LogP contribution in [0.2, 0.25) is 0 Å². The van der Waals surface area contributed by atoms with Gasteiger partial charge in [-0.1, -0.05) is 6.07 Å². The lowest BCUT2D eigenvalue weighted by Gasteiger charge is -2.09. The molecule has 0 saturated carbocycles. The molecule has 106 valence electrons. The second-order valence-electron chi connectivity index (χ2n) is 4.51. The van der Waals surface area contributed by atoms with E-state index in [0.717, 1.165) is 10.9 Å². The standard InChI is InChI=1S/C15H17ClN2O2/c1-20-10-13(16)6-8-18-15(19)12-4-5-14-11(9-12)3-2-7-17-14/h2-5,7,9,13H,6,8,10H2,1H3,(H,18,19). The van der Waals surface area contributed by atoms with E-state index in [1.807, 2.05) is 24.3 Å². The molecule has 20 heavy (non-hydrogen) atoms. The molecule has 4 nitrogen and oxygen atoms in total. The van der Waals surface area contributed by atoms with Crippen LogP contribution in [0.4, 0.5) is 0 Å². The van der Waals surface area contributed by atoms with E-state index in [4.69, 9.17) is 16.3 Å². The van der Waals surface area contributed by atoms with Crippen molar-refractivity contribution >= 4 is 28.4 Å². The van der Waals surface area contributed by atoms with Crippen LogP contribution in [0.5, 0.6) is 0 Å². The molecule has 2 aromatic rings. The summed E-state index contributed by atoms with van der Waals surface area (Å²) in [7, 11) is 1.61. The van der Waals surface area contributed by atoms with Gasteiger partial charge in [-0.3, -0.25) is 9.78 Å². The number of rotatable bonds is 6. The lowest BCUT2D eigenvalue weighted by Crippen LogP contribution is -2.27. The monoisotopic (exact) mass is 292 g/mol. The van der Waals surface area contributed by atoms with Gasteiger partial charge in [0.05, 0.1) is 17.5 Å². The van der Waals surface area contributed by atoms with Crippen LogP contribution in [-0.4, -0.2) is 36.5 Å². The summed E-state index contributed by atoms with van der Waals surface area (Å²) in [5.41, 5.74) is 1.51. The molecule has 1 unspecified atom stereocenters. The number of amides is 1. The fraction of sp³-hybridized carbons (Fsp3) is 0.333. The Hall–Kier alpha value is -1.65. The van der Waals surface area contributed by atoms with Crippen LogP contribution in [0, 0.1) is 0 Å². The van der Waals surface area contributed by atoms with Gasteiger partial charge in [0.25, 0.3) is 5.91 Å². The Morgan fingerprint density at radius 3 is 3.10 bits per heavy atom. The molecule has 0 saturated heterocycles. The van der Waals surface area contributed by atoms with Gasteiger partial charge in [-0.25, -0.2) is 0 Å². The Labute approximate surface area is 123 Å². The minimum atomic E-state index is -0.1000. The van der Waals surface area contributed by atoms with Crippen molar-refractivity contribution in [2.24, 2.45) is 0 Å². The number of hydrogen-bond acceptors (Lipinski definition) is 3. The molecule has 0 fully saturated rings. The highest BCUT2D eigenvalue weighted by Gasteiger charge is 2.08. The molecule has 0 aliphatic heterocycles. The average Bonchev–Trinajstić information content (AvgIpc) is 2.47. The van der Waals surface area contributed by atoms with Gasteiger partial charge in [0.2, 0.25) is 0 Å². The van der Waals surface area contributed by atoms with Crippen molar-refractivity contribution in [2.45, 2.75) is 11.8 Å². The van der Waals surface area contributed by atoms with Crippen molar-refractivity contribution in [3.05, 3.63) is 42.1 Å². The first-order valence-corrected chi connectivity index (χ1v) is 6.90. The van der Waals surface area contributed by atoms with Gasteiger partial charge in [-0.2, -0.15) is 0 Å². The van der Waals surface area contributed by atoms with Crippen molar-refractivity contribution in [3.8, 4) is 0 Å². The molecule has 2 rings (SSSR count). The molecule has 0 aliphatic rings. The molecule has 1 aromatic carbocycles. The lowest BCUT2D eigenvalue weighted by atomic mass is 10.1. The number of alkyl halides is 1. The van der Waals surface area contributed by atoms with E-state index >= 15 is 0 Å². The summed E-state index contributed by atoms with van der Waals surface area (Å²) in [6, 6.07) is 9.25. The minimum absolute atomic E-state index is 0.0823. The average molecular weight is 293 g/mol. The molecular formula is C15H17ClN2O2. The number of ether oxygens (including phenoxy) is 1. The lowest BCUT2D eigenvalue weighted by molar-refractivity contribution is 0.0952. The number of nitrogens with zero attached hydrogens (tertiary/aromatic N) is 1. The van der Waals surface area contributed by atoms with Crippen LogP contribution in [0.25, 0.3) is 10.9 Å². The molecule has 1 N–H and O–H groups in total. The van der Waals surface area contributed by atoms with Crippen LogP contribution in [-0.2, 0) is 4.74 Å². The molecule has 5 heteroatoms. The van der Waals surface area contributed by atoms with Crippen molar-refractivity contribution in [1.29, 1.82) is 0 Å². The summed E-state index contributed by atoms with van der Waals surface area (Å²) in [5, 5.41) is 3.72. The quantitative estimate of drug-likeness (QED) is 0.833. The summed E-state index contributed by atoms with van der Waals surface area (Å²) in [5.74, 6) is -0.1000. The largest absolute Gasteiger partial charge is 0.383 e. The number of carbonyl (C=O) groups is 1. The Bertz CT molecular complexity index is 589. The number of fused-ring (bicyclic) bond motifs is 1. The predicted octanol–water partition coefficient (Wildman–Crippen LogP) is 2.61. The van der Waals surface area contributed by atoms with Gasteiger partial charge in [0.1, 0.15) is 0 Å². The van der Waals surface area contributed by atoms with Gasteiger partial charge in [-0.15, -0.1) is 11.6 Å². The Morgan fingerprint density at radius 2 is 2.30 bits per heavy atom. The zero-order valence-corrected chi connectivity index (χ0v) is 12.1. The molecule has 1 amide bonds. The zero-order chi connectivity index (χ0) is 14.4. The molecule has 1 heterocycles. The topological polar surface area (TPSA) is 51.2 Å². The summed E-state index contributed by atoms with van der Waals surface area (Å²) in [4.78, 5) is 16.2. The highest BCUT2D eigenvalue weighted by Crippen LogP contribution is 2.13. The number of carbonyl (C=O) groups excluding carboxylic acids is 1. The third kappa shape index (κ3) is 3.92. The Balaban J connectivity index is 1.94. The van der Waals surface area contributed by atoms with E-state index in [0.29, 0.717) is 25.1 Å². The highest BCUT2D eigenvalue weighted by atomic mass is 35.5. The minimum Gasteiger partial charge on any atom is -0.383 e. The third-order valence-corrected chi connectivity index (χ3v) is 3.30. The van der Waals surface area contributed by atoms with E-state index in [2.05, 4.69) is 10.3 Å². The van der Waals surface area contributed by atoms with E-state index in [-0.39, 0.29) is 11.3 Å². The van der Waals surface area contributed by atoms with E-state index < -0.39 is 0 Å². The first-order valence-electron chi connectivity index (χ1n) is 6.46. The fourth-order valence-electron chi connectivity index (χ4n) is 1.93. The van der Waals surface area contributed by atoms with Crippen LogP contribution >= 0.6 is 11.6 Å². The maximum atomic E-state index is 12.0. The first kappa shape index (κ1) is 14.8. The Kier molecular flexibility index (Phi) is 5.32. The van der Waals surface area contributed by atoms with Crippen LogP contribution in [0.1, 0.15) is 16.8 Å². The Morgan fingerprint density at radius 1 is 1.45 bits per heavy atom. The number of nitrogens with one attached hydrogen (secondary N) is 1. The van der Waals surface area contributed by atoms with Gasteiger partial charge >= 0.3 is 0 Å². The maximum Gasteiger partial charge on any atom is 0.251 e. The smallest absolute Gasteiger partial charge is 0.251 e. The first-order chi connectivity index (χ1) is 9.70. The van der Waals surface area contributed by atoms with Crippen LogP contribution in [0.15, 0.2) is 36.5 Å². The molecule has 1 atom stereocenters. The van der Waals surface area contributed by atoms with Crippen molar-refractivity contribution in [2.75, 3.05) is 20.3 Å². The van der Waals surface area contributed by atoms with Crippen LogP contribution < -0.4 is 5.32 Å². The number of benzene rings is 1. The summed E-state index contributed by atoms with van der Waals surface area (Å²) in [6.45, 7) is 1.01. The summed E-state index contributed by atoms with van der Waals surface area (Å²) in [6.07, 6.45) is 2.41. The molecule has 0 aliphatic carbocycles. The maximum absolute atomic E-state index is 12.0. The number of methoxy groups -OCH3 is 1. The van der Waals surface area contributed by atoms with Gasteiger partial charge in [-0.05, 0) is 30.7 Å². The molecule has 0 spiro atoms. The molecule has 1 aromatic heterocycles. The van der Waals surface area contributed by atoms with E-state index in [9.17, 15) is 4.79 Å². The normalized spacial score (nSPS) is 12.3. The van der Waals surface area contributed by atoms with Crippen LogP contribution in [0.3, 0.4) is 0 Å². The van der Waals surface area contributed by atoms with E-state index in [1.165, 1.54) is 0 Å². The fourth-order valence-corrected chi connectivity index (χ4v) is 2.16. The second-order valence-corrected chi connectivity index (χ2v) is 5.13. The SMILES string of the molecule is COCC(Cl)CCNC(=O)c1ccc2ncccc2c1. The zero-order valence-electron chi connectivity index (χ0n) is 11.3. The number of aromatic nitrogens is 1. The number of pyridine rings is 1. The molecular weight excluding hydrogens is 276 g/mol. The van der Waals surface area contributed by atoms with Crippen molar-refractivity contribution < 1.29 is 9.53 Å². The molecule has 0 bridgehead atoms. The van der Waals surface area contributed by atoms with E-state index in [1.54, 1.807) is 19.4 Å². The van der Waals surface area contributed by atoms with Crippen molar-refractivity contribution in [3.63, 3.8) is 0 Å². The third-order valence-electron chi connectivity index (χ3n) is 2.96. The predicted molar refractivity (Wildman–Crippen MR) is 80.2 cm³/mol. The van der Waals surface area contributed by atoms with Gasteiger partial charge in [0.15, 0.2) is 0 Å². The second kappa shape index (κ2) is 7.22. The van der Waals surface area contributed by atoms with Crippen molar-refractivity contribution in [1.82, 2.24) is 10.3 Å². The number of halogens is 1. The molecule has 0 radical (unpaired) electrons. The summed E-state index contributed by atoms with van der Waals surface area (Å²) >= 11 is 6.00. The van der Waals surface area contributed by atoms with Gasteiger partial charge < -0.3 is 10.1 Å². The van der Waals surface area contributed by atoms with Gasteiger partial charge in [0, 0.05) is 30.8 Å².